The third-order valence-corrected chi connectivity index (χ3v) is 9.36. The Hall–Kier alpha value is -4.63. The number of amides is 2. The van der Waals surface area contributed by atoms with Gasteiger partial charge in [0.15, 0.2) is 0 Å². The third-order valence-electron chi connectivity index (χ3n) is 7.57. The van der Waals surface area contributed by atoms with Gasteiger partial charge in [0.1, 0.15) is 24.1 Å². The van der Waals surface area contributed by atoms with Gasteiger partial charge in [-0.25, -0.2) is 8.42 Å². The molecule has 9 heteroatoms. The molecule has 1 N–H and O–H groups in total. The average molecular weight is 628 g/mol. The van der Waals surface area contributed by atoms with Gasteiger partial charge in [0.25, 0.3) is 10.0 Å². The topological polar surface area (TPSA) is 96.0 Å². The fraction of sp³-hybridized carbons (Fsp3) is 0.278. The quantitative estimate of drug-likeness (QED) is 0.168. The van der Waals surface area contributed by atoms with Gasteiger partial charge >= 0.3 is 0 Å². The average Bonchev–Trinajstić information content (AvgIpc) is 3.05. The molecule has 0 heterocycles. The summed E-state index contributed by atoms with van der Waals surface area (Å²) in [6, 6.07) is 30.8. The SMILES string of the molecule is CCC(C)NC(=O)C(CC)N(Cc1ccccc1)C(=O)CN(c1ccc(Oc2ccccc2)cc1)S(=O)(=O)c1ccc(C)cc1. The molecule has 2 atom stereocenters. The number of nitrogens with zero attached hydrogens (tertiary/aromatic N) is 2. The number of para-hydroxylation sites is 1. The Morgan fingerprint density at radius 1 is 0.778 bits per heavy atom. The molecule has 0 aliphatic heterocycles. The molecule has 4 aromatic carbocycles. The molecule has 0 spiro atoms. The maximum Gasteiger partial charge on any atom is 0.264 e. The molecule has 0 aliphatic carbocycles. The van der Waals surface area contributed by atoms with E-state index in [4.69, 9.17) is 4.74 Å². The standard InChI is InChI=1S/C36H41N3O5S/c1-5-28(4)37-36(41)34(6-2)38(25-29-13-9-7-10-14-29)35(40)26-39(45(42,43)33-23-17-27(3)18-24-33)30-19-21-32(22-20-30)44-31-15-11-8-12-16-31/h7-24,28,34H,5-6,25-26H2,1-4H3,(H,37,41). The second-order valence-electron chi connectivity index (χ2n) is 11.0. The Morgan fingerprint density at radius 2 is 1.36 bits per heavy atom. The Balaban J connectivity index is 1.71. The third kappa shape index (κ3) is 8.73. The number of rotatable bonds is 14. The molecule has 0 aliphatic rings. The molecule has 0 bridgehead atoms. The molecular formula is C36H41N3O5S. The van der Waals surface area contributed by atoms with Gasteiger partial charge in [0.2, 0.25) is 11.8 Å². The van der Waals surface area contributed by atoms with Crippen molar-refractivity contribution < 1.29 is 22.7 Å². The first-order chi connectivity index (χ1) is 21.6. The van der Waals surface area contributed by atoms with Crippen LogP contribution >= 0.6 is 0 Å². The molecule has 8 nitrogen and oxygen atoms in total. The smallest absolute Gasteiger partial charge is 0.264 e. The Bertz CT molecular complexity index is 1640. The predicted molar refractivity (Wildman–Crippen MR) is 178 cm³/mol. The minimum atomic E-state index is -4.18. The molecule has 236 valence electrons. The first kappa shape index (κ1) is 33.3. The fourth-order valence-corrected chi connectivity index (χ4v) is 6.23. The van der Waals surface area contributed by atoms with E-state index in [-0.39, 0.29) is 23.4 Å². The van der Waals surface area contributed by atoms with Crippen molar-refractivity contribution >= 4 is 27.5 Å². The summed E-state index contributed by atoms with van der Waals surface area (Å²) in [6.07, 6.45) is 1.10. The molecule has 4 aromatic rings. The van der Waals surface area contributed by atoms with Gasteiger partial charge in [-0.15, -0.1) is 0 Å². The highest BCUT2D eigenvalue weighted by atomic mass is 32.2. The zero-order valence-corrected chi connectivity index (χ0v) is 27.0. The van der Waals surface area contributed by atoms with Gasteiger partial charge in [-0.1, -0.05) is 80.1 Å². The molecular weight excluding hydrogens is 586 g/mol. The zero-order valence-electron chi connectivity index (χ0n) is 26.2. The van der Waals surface area contributed by atoms with Gasteiger partial charge in [-0.3, -0.25) is 13.9 Å². The first-order valence-corrected chi connectivity index (χ1v) is 16.6. The number of benzene rings is 4. The molecule has 0 fully saturated rings. The largest absolute Gasteiger partial charge is 0.457 e. The number of carbonyl (C=O) groups excluding carboxylic acids is 2. The number of hydrogen-bond acceptors (Lipinski definition) is 5. The number of carbonyl (C=O) groups is 2. The lowest BCUT2D eigenvalue weighted by atomic mass is 10.1. The normalized spacial score (nSPS) is 12.5. The summed E-state index contributed by atoms with van der Waals surface area (Å²) in [5.41, 5.74) is 2.03. The molecule has 4 rings (SSSR count). The van der Waals surface area contributed by atoms with Crippen LogP contribution in [0.3, 0.4) is 0 Å². The van der Waals surface area contributed by atoms with E-state index in [0.717, 1.165) is 21.9 Å². The molecule has 0 saturated heterocycles. The number of nitrogens with one attached hydrogen (secondary N) is 1. The molecule has 45 heavy (non-hydrogen) atoms. The van der Waals surface area contributed by atoms with E-state index in [1.54, 1.807) is 36.4 Å². The summed E-state index contributed by atoms with van der Waals surface area (Å²) in [6.45, 7) is 7.25. The van der Waals surface area contributed by atoms with Crippen molar-refractivity contribution in [1.82, 2.24) is 10.2 Å². The zero-order chi connectivity index (χ0) is 32.4. The van der Waals surface area contributed by atoms with Gasteiger partial charge in [0, 0.05) is 12.6 Å². The van der Waals surface area contributed by atoms with Crippen LogP contribution in [0.1, 0.15) is 44.7 Å². The van der Waals surface area contributed by atoms with Crippen molar-refractivity contribution in [3.8, 4) is 11.5 Å². The van der Waals surface area contributed by atoms with Gasteiger partial charge < -0.3 is 15.0 Å². The van der Waals surface area contributed by atoms with E-state index in [2.05, 4.69) is 5.32 Å². The minimum Gasteiger partial charge on any atom is -0.457 e. The van der Waals surface area contributed by atoms with Crippen LogP contribution in [-0.4, -0.2) is 43.8 Å². The summed E-state index contributed by atoms with van der Waals surface area (Å²) >= 11 is 0. The number of ether oxygens (including phenoxy) is 1. The van der Waals surface area contributed by atoms with Crippen LogP contribution in [0.15, 0.2) is 114 Å². The van der Waals surface area contributed by atoms with E-state index in [9.17, 15) is 18.0 Å². The monoisotopic (exact) mass is 627 g/mol. The number of sulfonamides is 1. The highest BCUT2D eigenvalue weighted by Crippen LogP contribution is 2.29. The summed E-state index contributed by atoms with van der Waals surface area (Å²) in [5.74, 6) is 0.390. The lowest BCUT2D eigenvalue weighted by Gasteiger charge is -2.33. The summed E-state index contributed by atoms with van der Waals surface area (Å²) in [7, 11) is -4.18. The maximum absolute atomic E-state index is 14.2. The summed E-state index contributed by atoms with van der Waals surface area (Å²) < 4.78 is 35.3. The Kier molecular flexibility index (Phi) is 11.4. The van der Waals surface area contributed by atoms with Crippen LogP contribution in [-0.2, 0) is 26.2 Å². The first-order valence-electron chi connectivity index (χ1n) is 15.2. The van der Waals surface area contributed by atoms with Crippen LogP contribution in [0.2, 0.25) is 0 Å². The Morgan fingerprint density at radius 3 is 1.93 bits per heavy atom. The maximum atomic E-state index is 14.2. The molecule has 2 amide bonds. The van der Waals surface area contributed by atoms with E-state index < -0.39 is 28.5 Å². The van der Waals surface area contributed by atoms with Gasteiger partial charge in [0.05, 0.1) is 10.6 Å². The van der Waals surface area contributed by atoms with E-state index in [1.165, 1.54) is 17.0 Å². The lowest BCUT2D eigenvalue weighted by molar-refractivity contribution is -0.140. The predicted octanol–water partition coefficient (Wildman–Crippen LogP) is 6.70. The van der Waals surface area contributed by atoms with Gasteiger partial charge in [-0.2, -0.15) is 0 Å². The van der Waals surface area contributed by atoms with Crippen molar-refractivity contribution in [3.05, 3.63) is 120 Å². The van der Waals surface area contributed by atoms with Gasteiger partial charge in [-0.05, 0) is 80.8 Å². The number of anilines is 1. The van der Waals surface area contributed by atoms with Crippen LogP contribution < -0.4 is 14.4 Å². The molecule has 0 radical (unpaired) electrons. The van der Waals surface area contributed by atoms with E-state index >= 15 is 0 Å². The van der Waals surface area contributed by atoms with Crippen LogP contribution in [0.5, 0.6) is 11.5 Å². The summed E-state index contributed by atoms with van der Waals surface area (Å²) in [4.78, 5) is 29.2. The second-order valence-corrected chi connectivity index (χ2v) is 12.8. The highest BCUT2D eigenvalue weighted by molar-refractivity contribution is 7.92. The van der Waals surface area contributed by atoms with Crippen molar-refractivity contribution in [3.63, 3.8) is 0 Å². The molecule has 2 unspecified atom stereocenters. The molecule has 0 aromatic heterocycles. The van der Waals surface area contributed by atoms with Crippen LogP contribution in [0.4, 0.5) is 5.69 Å². The van der Waals surface area contributed by atoms with E-state index in [1.807, 2.05) is 88.4 Å². The highest BCUT2D eigenvalue weighted by Gasteiger charge is 2.34. The van der Waals surface area contributed by atoms with Crippen molar-refractivity contribution in [1.29, 1.82) is 0 Å². The van der Waals surface area contributed by atoms with Crippen LogP contribution in [0.25, 0.3) is 0 Å². The number of hydrogen-bond donors (Lipinski definition) is 1. The van der Waals surface area contributed by atoms with Crippen molar-refractivity contribution in [2.24, 2.45) is 0 Å². The van der Waals surface area contributed by atoms with Crippen molar-refractivity contribution in [2.45, 2.75) is 64.1 Å². The lowest BCUT2D eigenvalue weighted by Crippen LogP contribution is -2.53. The molecule has 0 saturated carbocycles. The summed E-state index contributed by atoms with van der Waals surface area (Å²) in [5, 5.41) is 3.00. The fourth-order valence-electron chi connectivity index (χ4n) is 4.81. The van der Waals surface area contributed by atoms with Crippen LogP contribution in [0, 0.1) is 6.92 Å². The van der Waals surface area contributed by atoms with E-state index in [0.29, 0.717) is 23.6 Å². The minimum absolute atomic E-state index is 0.0571. The second kappa shape index (κ2) is 15.4. The van der Waals surface area contributed by atoms with Crippen molar-refractivity contribution in [2.75, 3.05) is 10.8 Å². The Labute approximate surface area is 266 Å². The number of aryl methyl sites for hydroxylation is 1.